The molecule has 0 spiro atoms. The molecule has 0 fully saturated rings. The summed E-state index contributed by atoms with van der Waals surface area (Å²) < 4.78 is 31.6. The smallest absolute Gasteiger partial charge is 0.243 e. The van der Waals surface area contributed by atoms with Crippen molar-refractivity contribution in [3.63, 3.8) is 0 Å². The van der Waals surface area contributed by atoms with Crippen molar-refractivity contribution in [1.29, 1.82) is 0 Å². The highest BCUT2D eigenvalue weighted by molar-refractivity contribution is 7.92. The third-order valence-electron chi connectivity index (χ3n) is 4.53. The van der Waals surface area contributed by atoms with E-state index in [0.717, 1.165) is 30.4 Å². The Hall–Kier alpha value is -2.54. The number of hydrogen-bond donors (Lipinski definition) is 1. The highest BCUT2D eigenvalue weighted by atomic mass is 32.2. The summed E-state index contributed by atoms with van der Waals surface area (Å²) in [5.74, 6) is 0.569. The van der Waals surface area contributed by atoms with Crippen LogP contribution in [0.1, 0.15) is 32.3 Å². The van der Waals surface area contributed by atoms with Crippen molar-refractivity contribution in [2.24, 2.45) is 0 Å². The first-order valence-corrected chi connectivity index (χ1v) is 11.8. The highest BCUT2D eigenvalue weighted by Gasteiger charge is 2.31. The average Bonchev–Trinajstić information content (AvgIpc) is 2.70. The van der Waals surface area contributed by atoms with Crippen molar-refractivity contribution >= 4 is 21.6 Å². The lowest BCUT2D eigenvalue weighted by Crippen LogP contribution is -2.49. The van der Waals surface area contributed by atoms with Crippen molar-refractivity contribution in [2.45, 2.75) is 39.2 Å². The molecular weight excluding hydrogens is 388 g/mol. The Balaban J connectivity index is 2.01. The first-order chi connectivity index (χ1) is 13.9. The maximum absolute atomic E-state index is 12.8. The van der Waals surface area contributed by atoms with Crippen LogP contribution in [0.3, 0.4) is 0 Å². The van der Waals surface area contributed by atoms with Crippen LogP contribution in [-0.4, -0.2) is 39.8 Å². The maximum atomic E-state index is 12.8. The number of anilines is 1. The molecule has 0 heterocycles. The Labute approximate surface area is 173 Å². The standard InChI is InChI=1S/C22H30N2O4S/c1-4-20(24(29(3,26)27)19-14-7-6-8-15-19)22(25)23-17-11-13-18-12-9-10-16-21(18)28-5-2/h6-10,12,14-16,20H,4-5,11,13,17H2,1-3H3,(H,23,25)/t20-/m0/s1. The molecular formula is C22H30N2O4S. The second-order valence-electron chi connectivity index (χ2n) is 6.75. The van der Waals surface area contributed by atoms with E-state index in [1.54, 1.807) is 24.3 Å². The Morgan fingerprint density at radius 2 is 1.72 bits per heavy atom. The molecule has 2 aromatic rings. The van der Waals surface area contributed by atoms with Gasteiger partial charge in [0.15, 0.2) is 0 Å². The number of amides is 1. The van der Waals surface area contributed by atoms with Crippen LogP contribution in [0.4, 0.5) is 5.69 Å². The number of para-hydroxylation sites is 2. The molecule has 0 aliphatic heterocycles. The number of nitrogens with zero attached hydrogens (tertiary/aromatic N) is 1. The molecule has 0 saturated heterocycles. The fraction of sp³-hybridized carbons (Fsp3) is 0.409. The Morgan fingerprint density at radius 3 is 2.34 bits per heavy atom. The summed E-state index contributed by atoms with van der Waals surface area (Å²) in [6.07, 6.45) is 3.00. The third-order valence-corrected chi connectivity index (χ3v) is 5.71. The van der Waals surface area contributed by atoms with Gasteiger partial charge in [0, 0.05) is 6.54 Å². The number of carbonyl (C=O) groups is 1. The zero-order chi connectivity index (χ0) is 21.3. The monoisotopic (exact) mass is 418 g/mol. The van der Waals surface area contributed by atoms with Crippen LogP contribution in [0.5, 0.6) is 5.75 Å². The second-order valence-corrected chi connectivity index (χ2v) is 8.61. The van der Waals surface area contributed by atoms with Crippen LogP contribution >= 0.6 is 0 Å². The lowest BCUT2D eigenvalue weighted by atomic mass is 10.1. The molecule has 0 radical (unpaired) electrons. The third kappa shape index (κ3) is 6.49. The predicted molar refractivity (Wildman–Crippen MR) is 117 cm³/mol. The minimum absolute atomic E-state index is 0.292. The van der Waals surface area contributed by atoms with Crippen LogP contribution in [0.25, 0.3) is 0 Å². The van der Waals surface area contributed by atoms with E-state index in [-0.39, 0.29) is 5.91 Å². The zero-order valence-corrected chi connectivity index (χ0v) is 18.1. The fourth-order valence-corrected chi connectivity index (χ4v) is 4.46. The second kappa shape index (κ2) is 10.9. The van der Waals surface area contributed by atoms with E-state index >= 15 is 0 Å². The molecule has 0 unspecified atom stereocenters. The molecule has 1 N–H and O–H groups in total. The lowest BCUT2D eigenvalue weighted by Gasteiger charge is -2.30. The summed E-state index contributed by atoms with van der Waals surface area (Å²) in [5.41, 5.74) is 1.58. The molecule has 0 aromatic heterocycles. The number of rotatable bonds is 11. The van der Waals surface area contributed by atoms with E-state index in [0.29, 0.717) is 25.3 Å². The molecule has 0 saturated carbocycles. The molecule has 1 amide bonds. The number of carbonyl (C=O) groups excluding carboxylic acids is 1. The summed E-state index contributed by atoms with van der Waals surface area (Å²) in [6.45, 7) is 4.82. The molecule has 2 aromatic carbocycles. The van der Waals surface area contributed by atoms with Crippen molar-refractivity contribution in [1.82, 2.24) is 5.32 Å². The van der Waals surface area contributed by atoms with Gasteiger partial charge in [-0.1, -0.05) is 43.3 Å². The molecule has 0 bridgehead atoms. The maximum Gasteiger partial charge on any atom is 0.243 e. The van der Waals surface area contributed by atoms with Gasteiger partial charge < -0.3 is 10.1 Å². The van der Waals surface area contributed by atoms with Gasteiger partial charge in [0.05, 0.1) is 18.6 Å². The van der Waals surface area contributed by atoms with E-state index in [9.17, 15) is 13.2 Å². The first-order valence-electron chi connectivity index (χ1n) is 9.91. The molecule has 7 heteroatoms. The van der Waals surface area contributed by atoms with Crippen LogP contribution < -0.4 is 14.4 Å². The van der Waals surface area contributed by atoms with Crippen molar-refractivity contribution in [3.05, 3.63) is 60.2 Å². The average molecular weight is 419 g/mol. The zero-order valence-electron chi connectivity index (χ0n) is 17.3. The van der Waals surface area contributed by atoms with E-state index < -0.39 is 16.1 Å². The number of nitrogens with one attached hydrogen (secondary N) is 1. The van der Waals surface area contributed by atoms with Crippen molar-refractivity contribution in [3.8, 4) is 5.75 Å². The number of benzene rings is 2. The number of aryl methyl sites for hydroxylation is 1. The van der Waals surface area contributed by atoms with E-state index in [4.69, 9.17) is 4.74 Å². The highest BCUT2D eigenvalue weighted by Crippen LogP contribution is 2.22. The van der Waals surface area contributed by atoms with Crippen LogP contribution in [0.2, 0.25) is 0 Å². The Bertz CT molecular complexity index is 885. The van der Waals surface area contributed by atoms with Gasteiger partial charge in [0.2, 0.25) is 15.9 Å². The largest absolute Gasteiger partial charge is 0.494 e. The van der Waals surface area contributed by atoms with Gasteiger partial charge in [0.25, 0.3) is 0 Å². The number of ether oxygens (including phenoxy) is 1. The van der Waals surface area contributed by atoms with Gasteiger partial charge in [-0.05, 0) is 49.9 Å². The Kier molecular flexibility index (Phi) is 8.51. The van der Waals surface area contributed by atoms with Gasteiger partial charge in [-0.25, -0.2) is 8.42 Å². The lowest BCUT2D eigenvalue weighted by molar-refractivity contribution is -0.122. The SMILES string of the molecule is CCOc1ccccc1CCCNC(=O)[C@H](CC)N(c1ccccc1)S(C)(=O)=O. The van der Waals surface area contributed by atoms with Crippen molar-refractivity contribution in [2.75, 3.05) is 23.7 Å². The first kappa shape index (κ1) is 22.7. The van der Waals surface area contributed by atoms with E-state index in [1.807, 2.05) is 44.2 Å². The summed E-state index contributed by atoms with van der Waals surface area (Å²) >= 11 is 0. The molecule has 6 nitrogen and oxygen atoms in total. The van der Waals surface area contributed by atoms with Gasteiger partial charge in [0.1, 0.15) is 11.8 Å². The summed E-state index contributed by atoms with van der Waals surface area (Å²) in [6, 6.07) is 15.8. The van der Waals surface area contributed by atoms with Gasteiger partial charge in [-0.15, -0.1) is 0 Å². The minimum Gasteiger partial charge on any atom is -0.494 e. The van der Waals surface area contributed by atoms with Gasteiger partial charge in [-0.3, -0.25) is 9.10 Å². The quantitative estimate of drug-likeness (QED) is 0.568. The number of sulfonamides is 1. The summed E-state index contributed by atoms with van der Waals surface area (Å²) in [5, 5.41) is 2.89. The molecule has 0 aliphatic rings. The van der Waals surface area contributed by atoms with E-state index in [1.165, 1.54) is 4.31 Å². The molecule has 0 aliphatic carbocycles. The molecule has 2 rings (SSSR count). The van der Waals surface area contributed by atoms with Gasteiger partial charge in [-0.2, -0.15) is 0 Å². The van der Waals surface area contributed by atoms with Crippen LogP contribution in [-0.2, 0) is 21.2 Å². The van der Waals surface area contributed by atoms with Crippen LogP contribution in [0, 0.1) is 0 Å². The van der Waals surface area contributed by atoms with Crippen molar-refractivity contribution < 1.29 is 17.9 Å². The molecule has 158 valence electrons. The van der Waals surface area contributed by atoms with Gasteiger partial charge >= 0.3 is 0 Å². The molecule has 1 atom stereocenters. The summed E-state index contributed by atoms with van der Waals surface area (Å²) in [4.78, 5) is 12.8. The van der Waals surface area contributed by atoms with Crippen LogP contribution in [0.15, 0.2) is 54.6 Å². The Morgan fingerprint density at radius 1 is 1.07 bits per heavy atom. The van der Waals surface area contributed by atoms with E-state index in [2.05, 4.69) is 5.32 Å². The minimum atomic E-state index is -3.60. The normalized spacial score (nSPS) is 12.2. The molecule has 29 heavy (non-hydrogen) atoms. The predicted octanol–water partition coefficient (Wildman–Crippen LogP) is 3.38. The number of hydrogen-bond acceptors (Lipinski definition) is 4. The summed E-state index contributed by atoms with van der Waals surface area (Å²) in [7, 11) is -3.60. The fourth-order valence-electron chi connectivity index (χ4n) is 3.25. The topological polar surface area (TPSA) is 75.7 Å².